The molecule has 5 heteroatoms. The number of hydrogen-bond acceptors (Lipinski definition) is 3. The summed E-state index contributed by atoms with van der Waals surface area (Å²) in [5, 5.41) is 3.33. The number of amides is 1. The Balaban J connectivity index is 1.95. The Hall–Kier alpha value is -1.68. The topological polar surface area (TPSA) is 63.2 Å². The standard InChI is InChI=1S/C16H16ClNO3/c1-15(2)11-7-8-16(15,13(20)12(11)19)14(21)18-10-5-3-9(17)4-6-10/h3-6,11H,7-8H2,1-2H3,(H,18,21). The largest absolute Gasteiger partial charge is 0.325 e. The lowest BCUT2D eigenvalue weighted by molar-refractivity contribution is -0.147. The van der Waals surface area contributed by atoms with Crippen LogP contribution in [-0.2, 0) is 14.4 Å². The van der Waals surface area contributed by atoms with Gasteiger partial charge in [0.15, 0.2) is 0 Å². The van der Waals surface area contributed by atoms with Gasteiger partial charge in [-0.2, -0.15) is 0 Å². The van der Waals surface area contributed by atoms with E-state index in [1.54, 1.807) is 24.3 Å². The number of carbonyl (C=O) groups excluding carboxylic acids is 3. The van der Waals surface area contributed by atoms with Crippen LogP contribution in [0.3, 0.4) is 0 Å². The fourth-order valence-corrected chi connectivity index (χ4v) is 3.98. The van der Waals surface area contributed by atoms with Crippen molar-refractivity contribution in [1.82, 2.24) is 0 Å². The first-order valence-electron chi connectivity index (χ1n) is 6.96. The maximum atomic E-state index is 12.7. The van der Waals surface area contributed by atoms with Gasteiger partial charge in [0.2, 0.25) is 17.5 Å². The van der Waals surface area contributed by atoms with E-state index >= 15 is 0 Å². The molecule has 0 aliphatic heterocycles. The normalized spacial score (nSPS) is 29.8. The fraction of sp³-hybridized carbons (Fsp3) is 0.438. The lowest BCUT2D eigenvalue weighted by Crippen LogP contribution is -2.47. The second kappa shape index (κ2) is 4.41. The quantitative estimate of drug-likeness (QED) is 0.675. The zero-order valence-electron chi connectivity index (χ0n) is 11.9. The second-order valence-electron chi connectivity index (χ2n) is 6.37. The monoisotopic (exact) mass is 305 g/mol. The number of halogens is 1. The van der Waals surface area contributed by atoms with Crippen LogP contribution in [0.4, 0.5) is 5.69 Å². The molecule has 21 heavy (non-hydrogen) atoms. The van der Waals surface area contributed by atoms with Gasteiger partial charge in [0.25, 0.3) is 0 Å². The third-order valence-electron chi connectivity index (χ3n) is 5.20. The Morgan fingerprint density at radius 3 is 2.38 bits per heavy atom. The minimum absolute atomic E-state index is 0.332. The zero-order chi connectivity index (χ0) is 15.4. The number of carbonyl (C=O) groups is 3. The van der Waals surface area contributed by atoms with E-state index < -0.39 is 22.4 Å². The summed E-state index contributed by atoms with van der Waals surface area (Å²) >= 11 is 5.81. The molecule has 0 spiro atoms. The molecule has 2 bridgehead atoms. The maximum absolute atomic E-state index is 12.7. The van der Waals surface area contributed by atoms with Crippen LogP contribution >= 0.6 is 11.6 Å². The van der Waals surface area contributed by atoms with E-state index in [1.165, 1.54) is 0 Å². The summed E-state index contributed by atoms with van der Waals surface area (Å²) in [5.74, 6) is -1.64. The molecule has 3 rings (SSSR count). The van der Waals surface area contributed by atoms with Gasteiger partial charge in [-0.25, -0.2) is 0 Å². The highest BCUT2D eigenvalue weighted by molar-refractivity contribution is 6.48. The van der Waals surface area contributed by atoms with Crippen LogP contribution in [0, 0.1) is 16.7 Å². The molecule has 2 aliphatic rings. The van der Waals surface area contributed by atoms with Crippen molar-refractivity contribution in [3.05, 3.63) is 29.3 Å². The number of ketones is 2. The summed E-state index contributed by atoms with van der Waals surface area (Å²) in [7, 11) is 0. The highest BCUT2D eigenvalue weighted by Crippen LogP contribution is 2.62. The third-order valence-corrected chi connectivity index (χ3v) is 5.45. The van der Waals surface area contributed by atoms with E-state index in [1.807, 2.05) is 13.8 Å². The second-order valence-corrected chi connectivity index (χ2v) is 6.81. The van der Waals surface area contributed by atoms with Gasteiger partial charge in [-0.1, -0.05) is 25.4 Å². The Bertz CT molecular complexity index is 650. The van der Waals surface area contributed by atoms with Crippen LogP contribution in [0.1, 0.15) is 26.7 Å². The van der Waals surface area contributed by atoms with E-state index in [4.69, 9.17) is 11.6 Å². The smallest absolute Gasteiger partial charge is 0.239 e. The molecule has 2 saturated carbocycles. The summed E-state index contributed by atoms with van der Waals surface area (Å²) < 4.78 is 0. The van der Waals surface area contributed by atoms with Crippen molar-refractivity contribution in [1.29, 1.82) is 0 Å². The van der Waals surface area contributed by atoms with Crippen molar-refractivity contribution in [2.45, 2.75) is 26.7 Å². The predicted molar refractivity (Wildman–Crippen MR) is 79.0 cm³/mol. The zero-order valence-corrected chi connectivity index (χ0v) is 12.7. The summed E-state index contributed by atoms with van der Waals surface area (Å²) in [4.78, 5) is 37.1. The highest BCUT2D eigenvalue weighted by atomic mass is 35.5. The molecule has 110 valence electrons. The van der Waals surface area contributed by atoms with Crippen molar-refractivity contribution < 1.29 is 14.4 Å². The molecule has 2 atom stereocenters. The van der Waals surface area contributed by atoms with Gasteiger partial charge in [0.1, 0.15) is 5.41 Å². The van der Waals surface area contributed by atoms with Crippen molar-refractivity contribution >= 4 is 34.8 Å². The molecule has 1 amide bonds. The minimum Gasteiger partial charge on any atom is -0.325 e. The van der Waals surface area contributed by atoms with Gasteiger partial charge in [-0.15, -0.1) is 0 Å². The van der Waals surface area contributed by atoms with E-state index in [2.05, 4.69) is 5.32 Å². The summed E-state index contributed by atoms with van der Waals surface area (Å²) in [6.45, 7) is 3.68. The van der Waals surface area contributed by atoms with Crippen LogP contribution in [0.25, 0.3) is 0 Å². The summed E-state index contributed by atoms with van der Waals surface area (Å²) in [6.07, 6.45) is 1.04. The molecular weight excluding hydrogens is 290 g/mol. The van der Waals surface area contributed by atoms with Gasteiger partial charge in [-0.05, 0) is 42.5 Å². The van der Waals surface area contributed by atoms with E-state index in [-0.39, 0.29) is 11.8 Å². The molecule has 0 heterocycles. The van der Waals surface area contributed by atoms with E-state index in [0.717, 1.165) is 0 Å². The molecule has 1 N–H and O–H groups in total. The Kier molecular flexibility index (Phi) is 2.99. The Morgan fingerprint density at radius 2 is 1.86 bits per heavy atom. The number of rotatable bonds is 2. The summed E-state index contributed by atoms with van der Waals surface area (Å²) in [5.41, 5.74) is -1.28. The molecule has 2 unspecified atom stereocenters. The molecule has 2 fully saturated rings. The lowest BCUT2D eigenvalue weighted by Gasteiger charge is -2.33. The van der Waals surface area contributed by atoms with Gasteiger partial charge in [0.05, 0.1) is 0 Å². The predicted octanol–water partition coefficient (Wildman–Crippen LogP) is 2.85. The number of nitrogens with one attached hydrogen (secondary N) is 1. The molecule has 1 aromatic rings. The number of Topliss-reactive ketones (excluding diaryl/α,β-unsaturated/α-hetero) is 2. The van der Waals surface area contributed by atoms with Crippen molar-refractivity contribution in [2.24, 2.45) is 16.7 Å². The van der Waals surface area contributed by atoms with Gasteiger partial charge in [-0.3, -0.25) is 14.4 Å². The molecular formula is C16H16ClNO3. The average Bonchev–Trinajstić information content (AvgIpc) is 2.78. The highest BCUT2D eigenvalue weighted by Gasteiger charge is 2.72. The van der Waals surface area contributed by atoms with Gasteiger partial charge in [0, 0.05) is 16.6 Å². The first-order valence-corrected chi connectivity index (χ1v) is 7.34. The molecule has 2 aliphatic carbocycles. The number of fused-ring (bicyclic) bond motifs is 2. The minimum atomic E-state index is -1.23. The maximum Gasteiger partial charge on any atom is 0.239 e. The van der Waals surface area contributed by atoms with Crippen LogP contribution in [0.2, 0.25) is 5.02 Å². The molecule has 4 nitrogen and oxygen atoms in total. The Morgan fingerprint density at radius 1 is 1.24 bits per heavy atom. The van der Waals surface area contributed by atoms with E-state index in [0.29, 0.717) is 23.6 Å². The van der Waals surface area contributed by atoms with Crippen LogP contribution in [0.15, 0.2) is 24.3 Å². The molecule has 0 saturated heterocycles. The van der Waals surface area contributed by atoms with Crippen molar-refractivity contribution in [3.8, 4) is 0 Å². The van der Waals surface area contributed by atoms with Gasteiger partial charge < -0.3 is 5.32 Å². The fourth-order valence-electron chi connectivity index (χ4n) is 3.86. The molecule has 1 aromatic carbocycles. The first-order chi connectivity index (χ1) is 9.80. The number of benzene rings is 1. The van der Waals surface area contributed by atoms with Gasteiger partial charge >= 0.3 is 0 Å². The Labute approximate surface area is 127 Å². The SMILES string of the molecule is CC1(C)C2CCC1(C(=O)Nc1ccc(Cl)cc1)C(=O)C2=O. The van der Waals surface area contributed by atoms with Crippen LogP contribution < -0.4 is 5.32 Å². The van der Waals surface area contributed by atoms with Crippen LogP contribution in [0.5, 0.6) is 0 Å². The number of anilines is 1. The number of hydrogen-bond donors (Lipinski definition) is 1. The molecule has 0 aromatic heterocycles. The van der Waals surface area contributed by atoms with Crippen molar-refractivity contribution in [2.75, 3.05) is 5.32 Å². The summed E-state index contributed by atoms with van der Waals surface area (Å²) in [6, 6.07) is 6.69. The lowest BCUT2D eigenvalue weighted by atomic mass is 9.68. The molecule has 0 radical (unpaired) electrons. The first kappa shape index (κ1) is 14.3. The third kappa shape index (κ3) is 1.72. The van der Waals surface area contributed by atoms with Crippen LogP contribution in [-0.4, -0.2) is 17.5 Å². The van der Waals surface area contributed by atoms with E-state index in [9.17, 15) is 14.4 Å². The van der Waals surface area contributed by atoms with Crippen molar-refractivity contribution in [3.63, 3.8) is 0 Å². The average molecular weight is 306 g/mol.